The third-order valence-electron chi connectivity index (χ3n) is 13.2. The summed E-state index contributed by atoms with van der Waals surface area (Å²) in [6.07, 6.45) is 11.8. The number of aryl methyl sites for hydroxylation is 1. The lowest BCUT2D eigenvalue weighted by molar-refractivity contribution is -0.0954. The van der Waals surface area contributed by atoms with Crippen LogP contribution in [0.5, 0.6) is 5.75 Å². The van der Waals surface area contributed by atoms with E-state index >= 15 is 0 Å². The van der Waals surface area contributed by atoms with Gasteiger partial charge >= 0.3 is 0 Å². The molecule has 2 aromatic rings. The smallest absolute Gasteiger partial charge is 0.262 e. The summed E-state index contributed by atoms with van der Waals surface area (Å²) in [4.78, 5) is 21.5. The maximum absolute atomic E-state index is 14.0. The van der Waals surface area contributed by atoms with Gasteiger partial charge in [0.2, 0.25) is 0 Å². The van der Waals surface area contributed by atoms with Crippen molar-refractivity contribution in [2.75, 3.05) is 71.0 Å². The van der Waals surface area contributed by atoms with E-state index in [9.17, 15) is 9.00 Å². The number of nitrogens with one attached hydrogen (secondary N) is 1. The number of anilines is 1. The molecule has 3 aliphatic heterocycles. The van der Waals surface area contributed by atoms with E-state index in [2.05, 4.69) is 63.4 Å². The Kier molecular flexibility index (Phi) is 11.1. The first-order valence-corrected chi connectivity index (χ1v) is 21.8. The number of halogens is 1. The van der Waals surface area contributed by atoms with Crippen LogP contribution in [-0.2, 0) is 26.3 Å². The monoisotopic (exact) mass is 750 g/mol. The molecule has 10 heteroatoms. The number of hydrogen-bond acceptors (Lipinski definition) is 7. The molecule has 2 fully saturated rings. The fourth-order valence-corrected chi connectivity index (χ4v) is 11.4. The van der Waals surface area contributed by atoms with Crippen molar-refractivity contribution in [3.63, 3.8) is 0 Å². The molecule has 52 heavy (non-hydrogen) atoms. The normalized spacial score (nSPS) is 35.0. The van der Waals surface area contributed by atoms with Crippen LogP contribution >= 0.6 is 11.6 Å². The number of nitrogens with zero attached hydrogens (tertiary/aromatic N) is 3. The molecule has 1 saturated heterocycles. The Bertz CT molecular complexity index is 1760. The van der Waals surface area contributed by atoms with Crippen molar-refractivity contribution in [1.82, 2.24) is 14.5 Å². The Hall–Kier alpha value is -2.56. The Labute approximate surface area is 317 Å². The zero-order chi connectivity index (χ0) is 36.7. The highest BCUT2D eigenvalue weighted by Crippen LogP contribution is 2.49. The second-order valence-corrected chi connectivity index (χ2v) is 19.3. The minimum Gasteiger partial charge on any atom is -0.490 e. The lowest BCUT2D eigenvalue weighted by atomic mass is 9.63. The standard InChI is InChI=1S/C42H59ClN4O4S/c1-6-19-45-20-22-46(23-21-45)28-42(50-4)18-7-9-30(2)31(3)52(5,49)44-40(48)33-12-16-39-38(25-33)47(26-34-11-14-37(34)42)27-41(29-51-39)17-8-10-32-24-35(43)13-15-36(32)41/h7,12-13,15-16,18,24-25,30-31,34,37H,5-6,8-11,14,17,19-23,26-29H2,1-4H3,(H,44,48,49)/b18-7+/t30-,31+,34-,37+,41-,42-,52?/m0/s1. The van der Waals surface area contributed by atoms with Gasteiger partial charge < -0.3 is 19.3 Å². The summed E-state index contributed by atoms with van der Waals surface area (Å²) in [6, 6.07) is 12.1. The molecule has 2 aromatic carbocycles. The van der Waals surface area contributed by atoms with Gasteiger partial charge in [0.25, 0.3) is 5.91 Å². The lowest BCUT2D eigenvalue weighted by Crippen LogP contribution is -2.59. The van der Waals surface area contributed by atoms with Crippen molar-refractivity contribution >= 4 is 38.8 Å². The van der Waals surface area contributed by atoms with Crippen LogP contribution in [-0.4, -0.2) is 103 Å². The molecular weight excluding hydrogens is 692 g/mol. The van der Waals surface area contributed by atoms with Crippen LogP contribution in [0.15, 0.2) is 48.6 Å². The van der Waals surface area contributed by atoms with E-state index < -0.39 is 15.3 Å². The van der Waals surface area contributed by atoms with Crippen molar-refractivity contribution < 1.29 is 18.5 Å². The summed E-state index contributed by atoms with van der Waals surface area (Å²) in [7, 11) is -1.05. The number of carbonyl (C=O) groups excluding carboxylic acids is 1. The van der Waals surface area contributed by atoms with Gasteiger partial charge in [0.05, 0.1) is 22.0 Å². The number of methoxy groups -OCH3 is 1. The SMILES string of the molecule is C=S1(=O)NC(=O)c2ccc3c(c2)N(C[C@@H]2CC[C@H]2[C@](CN2CCN(CCC)CC2)(OC)/C=C/C[C@H](C)[C@H]1C)C[C@@]1(CCCc2cc(Cl)ccc21)CO3. The van der Waals surface area contributed by atoms with E-state index in [4.69, 9.17) is 21.1 Å². The van der Waals surface area contributed by atoms with E-state index in [1.54, 1.807) is 6.07 Å². The minimum atomic E-state index is -2.95. The number of allylic oxidation sites excluding steroid dienone is 1. The highest BCUT2D eigenvalue weighted by molar-refractivity contribution is 7.99. The molecule has 7 rings (SSSR count). The molecule has 1 N–H and O–H groups in total. The molecule has 1 amide bonds. The third-order valence-corrected chi connectivity index (χ3v) is 15.7. The van der Waals surface area contributed by atoms with Crippen molar-refractivity contribution in [3.8, 4) is 5.75 Å². The quantitative estimate of drug-likeness (QED) is 0.273. The summed E-state index contributed by atoms with van der Waals surface area (Å²) in [6.45, 7) is 14.7. The molecule has 7 atom stereocenters. The molecule has 2 bridgehead atoms. The van der Waals surface area contributed by atoms with E-state index in [1.165, 1.54) is 17.5 Å². The fourth-order valence-electron chi connectivity index (χ4n) is 9.74. The lowest BCUT2D eigenvalue weighted by Gasteiger charge is -2.52. The first-order chi connectivity index (χ1) is 25.0. The first kappa shape index (κ1) is 37.7. The van der Waals surface area contributed by atoms with E-state index in [0.717, 1.165) is 107 Å². The molecule has 284 valence electrons. The highest BCUT2D eigenvalue weighted by atomic mass is 35.5. The molecule has 8 nitrogen and oxygen atoms in total. The summed E-state index contributed by atoms with van der Waals surface area (Å²) in [5.41, 5.74) is 3.35. The Morgan fingerprint density at radius 1 is 1.10 bits per heavy atom. The third kappa shape index (κ3) is 7.42. The fraction of sp³-hybridized carbons (Fsp3) is 0.619. The van der Waals surface area contributed by atoms with Crippen LogP contribution in [0.4, 0.5) is 5.69 Å². The maximum atomic E-state index is 14.0. The van der Waals surface area contributed by atoms with Gasteiger partial charge in [0.1, 0.15) is 11.4 Å². The van der Waals surface area contributed by atoms with Crippen LogP contribution in [0.3, 0.4) is 0 Å². The van der Waals surface area contributed by atoms with Gasteiger partial charge in [0.15, 0.2) is 0 Å². The maximum Gasteiger partial charge on any atom is 0.262 e. The molecule has 0 radical (unpaired) electrons. The predicted octanol–water partition coefficient (Wildman–Crippen LogP) is 6.60. The summed E-state index contributed by atoms with van der Waals surface area (Å²) >= 11 is 6.52. The molecule has 1 spiro atoms. The molecule has 1 saturated carbocycles. The van der Waals surface area contributed by atoms with Gasteiger partial charge in [-0.05, 0) is 123 Å². The summed E-state index contributed by atoms with van der Waals surface area (Å²) in [5.74, 6) is 5.26. The Morgan fingerprint density at radius 2 is 1.88 bits per heavy atom. The number of hydrogen-bond donors (Lipinski definition) is 1. The van der Waals surface area contributed by atoms with Gasteiger partial charge in [-0.2, -0.15) is 0 Å². The number of carbonyl (C=O) groups is 1. The largest absolute Gasteiger partial charge is 0.490 e. The van der Waals surface area contributed by atoms with Crippen LogP contribution in [0.1, 0.15) is 80.8 Å². The molecule has 2 aliphatic carbocycles. The number of ether oxygens (including phenoxy) is 2. The first-order valence-electron chi connectivity index (χ1n) is 19.6. The number of amides is 1. The van der Waals surface area contributed by atoms with Crippen LogP contribution in [0.2, 0.25) is 5.02 Å². The van der Waals surface area contributed by atoms with Gasteiger partial charge in [-0.1, -0.05) is 43.7 Å². The van der Waals surface area contributed by atoms with Crippen LogP contribution in [0, 0.1) is 17.8 Å². The van der Waals surface area contributed by atoms with Crippen molar-refractivity contribution in [2.24, 2.45) is 17.8 Å². The van der Waals surface area contributed by atoms with Gasteiger partial charge in [-0.3, -0.25) is 14.4 Å². The van der Waals surface area contributed by atoms with Crippen molar-refractivity contribution in [3.05, 3.63) is 70.3 Å². The van der Waals surface area contributed by atoms with Gasteiger partial charge in [-0.15, -0.1) is 0 Å². The molecule has 1 unspecified atom stereocenters. The average Bonchev–Trinajstić information content (AvgIpc) is 3.26. The zero-order valence-electron chi connectivity index (χ0n) is 31.7. The highest BCUT2D eigenvalue weighted by Gasteiger charge is 2.50. The molecule has 3 heterocycles. The van der Waals surface area contributed by atoms with E-state index in [1.807, 2.05) is 32.2 Å². The summed E-state index contributed by atoms with van der Waals surface area (Å²) in [5, 5.41) is 0.447. The predicted molar refractivity (Wildman–Crippen MR) is 214 cm³/mol. The number of piperazine rings is 1. The van der Waals surface area contributed by atoms with Crippen molar-refractivity contribution in [2.45, 2.75) is 82.0 Å². The second kappa shape index (κ2) is 15.3. The van der Waals surface area contributed by atoms with Crippen LogP contribution in [0.25, 0.3) is 0 Å². The van der Waals surface area contributed by atoms with E-state index in [0.29, 0.717) is 24.0 Å². The van der Waals surface area contributed by atoms with Gasteiger partial charge in [0, 0.05) is 74.2 Å². The number of rotatable bonds is 5. The van der Waals surface area contributed by atoms with Crippen LogP contribution < -0.4 is 14.4 Å². The number of fused-ring (bicyclic) bond motifs is 4. The molecular formula is C42H59ClN4O4S. The minimum absolute atomic E-state index is 0.0409. The van der Waals surface area contributed by atoms with Gasteiger partial charge in [-0.25, -0.2) is 4.21 Å². The molecule has 0 aromatic heterocycles. The van der Waals surface area contributed by atoms with E-state index in [-0.39, 0.29) is 22.5 Å². The molecule has 5 aliphatic rings. The average molecular weight is 751 g/mol. The topological polar surface area (TPSA) is 74.4 Å². The Morgan fingerprint density at radius 3 is 2.62 bits per heavy atom. The number of benzene rings is 2. The second-order valence-electron chi connectivity index (χ2n) is 16.5. The summed E-state index contributed by atoms with van der Waals surface area (Å²) < 4.78 is 30.4. The zero-order valence-corrected chi connectivity index (χ0v) is 33.3. The van der Waals surface area contributed by atoms with Crippen molar-refractivity contribution in [1.29, 1.82) is 0 Å². The Balaban J connectivity index is 1.28.